The molecule has 1 aliphatic heterocycles. The maximum absolute atomic E-state index is 12.9. The molecule has 1 aromatic heterocycles. The number of aryl methyl sites for hydroxylation is 1. The molecule has 0 saturated carbocycles. The summed E-state index contributed by atoms with van der Waals surface area (Å²) in [7, 11) is 1.87. The van der Waals surface area contributed by atoms with Gasteiger partial charge in [-0.1, -0.05) is 47.7 Å². The van der Waals surface area contributed by atoms with E-state index in [2.05, 4.69) is 16.4 Å². The van der Waals surface area contributed by atoms with Crippen LogP contribution in [0.1, 0.15) is 43.7 Å². The highest BCUT2D eigenvalue weighted by Gasteiger charge is 2.34. The number of nitrogens with zero attached hydrogens (tertiary/aromatic N) is 4. The lowest BCUT2D eigenvalue weighted by Gasteiger charge is -2.38. The number of carbonyl (C=O) groups excluding carboxylic acids is 1. The lowest BCUT2D eigenvalue weighted by atomic mass is 9.95. The Morgan fingerprint density at radius 1 is 1.16 bits per heavy atom. The molecule has 1 aliphatic rings. The molecule has 162 valence electrons. The van der Waals surface area contributed by atoms with Gasteiger partial charge >= 0.3 is 6.09 Å². The Bertz CT molecular complexity index is 1060. The Kier molecular flexibility index (Phi) is 5.78. The molecular weight excluding hydrogens is 392 g/mol. The van der Waals surface area contributed by atoms with Crippen molar-refractivity contribution in [1.82, 2.24) is 19.9 Å². The lowest BCUT2D eigenvalue weighted by Crippen LogP contribution is -2.44. The first-order valence-electron chi connectivity index (χ1n) is 10.4. The molecule has 0 aliphatic carbocycles. The highest BCUT2D eigenvalue weighted by atomic mass is 16.6. The van der Waals surface area contributed by atoms with Crippen LogP contribution in [0.4, 0.5) is 4.79 Å². The maximum atomic E-state index is 12.9. The van der Waals surface area contributed by atoms with Crippen LogP contribution in [0.15, 0.2) is 54.7 Å². The molecule has 7 nitrogen and oxygen atoms in total. The third-order valence-electron chi connectivity index (χ3n) is 5.20. The molecule has 2 heterocycles. The zero-order valence-electron chi connectivity index (χ0n) is 18.4. The van der Waals surface area contributed by atoms with Gasteiger partial charge in [0, 0.05) is 24.7 Å². The number of hydrogen-bond donors (Lipinski definition) is 0. The molecule has 3 aromatic rings. The van der Waals surface area contributed by atoms with Gasteiger partial charge in [0.05, 0.1) is 18.5 Å². The number of carbonyl (C=O) groups is 1. The van der Waals surface area contributed by atoms with Crippen molar-refractivity contribution in [3.63, 3.8) is 0 Å². The van der Waals surface area contributed by atoms with E-state index in [-0.39, 0.29) is 6.09 Å². The van der Waals surface area contributed by atoms with Gasteiger partial charge in [-0.15, -0.1) is 5.10 Å². The van der Waals surface area contributed by atoms with Gasteiger partial charge in [0.15, 0.2) is 6.23 Å². The van der Waals surface area contributed by atoms with Gasteiger partial charge in [-0.05, 0) is 44.4 Å². The van der Waals surface area contributed by atoms with Crippen LogP contribution in [0.5, 0.6) is 0 Å². The SMILES string of the molecule is Cn1nncc1-c1ccc2c(c1)CCN(C(=O)OC(C)(C)C)C2OCc1ccccc1. The van der Waals surface area contributed by atoms with E-state index in [1.807, 2.05) is 70.3 Å². The van der Waals surface area contributed by atoms with Crippen molar-refractivity contribution in [3.05, 3.63) is 71.4 Å². The van der Waals surface area contributed by atoms with Gasteiger partial charge in [-0.25, -0.2) is 9.48 Å². The van der Waals surface area contributed by atoms with E-state index < -0.39 is 11.8 Å². The number of amides is 1. The Balaban J connectivity index is 1.64. The van der Waals surface area contributed by atoms with E-state index in [1.165, 1.54) is 0 Å². The van der Waals surface area contributed by atoms with E-state index >= 15 is 0 Å². The summed E-state index contributed by atoms with van der Waals surface area (Å²) in [6.07, 6.45) is 1.59. The highest BCUT2D eigenvalue weighted by molar-refractivity contribution is 5.70. The molecule has 2 aromatic carbocycles. The van der Waals surface area contributed by atoms with E-state index in [0.717, 1.165) is 34.4 Å². The van der Waals surface area contributed by atoms with Crippen LogP contribution in [0.3, 0.4) is 0 Å². The summed E-state index contributed by atoms with van der Waals surface area (Å²) in [6.45, 7) is 6.54. The number of rotatable bonds is 4. The van der Waals surface area contributed by atoms with E-state index in [9.17, 15) is 4.79 Å². The predicted octanol–water partition coefficient (Wildman–Crippen LogP) is 4.49. The standard InChI is InChI=1S/C24H28N4O3/c1-24(2,3)31-23(29)28-13-12-18-14-19(21-15-25-26-27(21)4)10-11-20(18)22(28)30-16-17-8-6-5-7-9-17/h5-11,14-15,22H,12-13,16H2,1-4H3. The molecule has 1 atom stereocenters. The maximum Gasteiger partial charge on any atom is 0.412 e. The Hall–Kier alpha value is -3.19. The van der Waals surface area contributed by atoms with Crippen molar-refractivity contribution in [2.75, 3.05) is 6.54 Å². The largest absolute Gasteiger partial charge is 0.444 e. The molecule has 7 heteroatoms. The van der Waals surface area contributed by atoms with Crippen LogP contribution in [-0.2, 0) is 29.5 Å². The van der Waals surface area contributed by atoms with Gasteiger partial charge in [0.1, 0.15) is 5.60 Å². The average Bonchev–Trinajstić information content (AvgIpc) is 3.16. The second-order valence-electron chi connectivity index (χ2n) is 8.73. The summed E-state index contributed by atoms with van der Waals surface area (Å²) in [5.74, 6) is 0. The summed E-state index contributed by atoms with van der Waals surface area (Å²) in [6, 6.07) is 16.2. The third kappa shape index (κ3) is 4.77. The molecule has 4 rings (SSSR count). The molecule has 0 fully saturated rings. The number of fused-ring (bicyclic) bond motifs is 1. The molecule has 0 saturated heterocycles. The average molecular weight is 421 g/mol. The zero-order chi connectivity index (χ0) is 22.0. The quantitative estimate of drug-likeness (QED) is 0.622. The van der Waals surface area contributed by atoms with Gasteiger partial charge in [0.2, 0.25) is 0 Å². The second kappa shape index (κ2) is 8.51. The molecule has 0 N–H and O–H groups in total. The topological polar surface area (TPSA) is 69.5 Å². The number of aromatic nitrogens is 3. The fourth-order valence-corrected chi connectivity index (χ4v) is 3.74. The van der Waals surface area contributed by atoms with Crippen LogP contribution in [-0.4, -0.2) is 38.1 Å². The fraction of sp³-hybridized carbons (Fsp3) is 0.375. The zero-order valence-corrected chi connectivity index (χ0v) is 18.4. The summed E-state index contributed by atoms with van der Waals surface area (Å²) >= 11 is 0. The molecule has 0 spiro atoms. The first kappa shape index (κ1) is 21.1. The van der Waals surface area contributed by atoms with Crippen LogP contribution >= 0.6 is 0 Å². The molecule has 1 unspecified atom stereocenters. The Morgan fingerprint density at radius 2 is 1.94 bits per heavy atom. The molecular formula is C24H28N4O3. The normalized spacial score (nSPS) is 16.1. The predicted molar refractivity (Wildman–Crippen MR) is 117 cm³/mol. The van der Waals surface area contributed by atoms with Gasteiger partial charge in [0.25, 0.3) is 0 Å². The lowest BCUT2D eigenvalue weighted by molar-refractivity contribution is -0.0817. The van der Waals surface area contributed by atoms with E-state index in [4.69, 9.17) is 9.47 Å². The van der Waals surface area contributed by atoms with Crippen molar-refractivity contribution >= 4 is 6.09 Å². The van der Waals surface area contributed by atoms with Crippen molar-refractivity contribution < 1.29 is 14.3 Å². The first-order chi connectivity index (χ1) is 14.8. The minimum Gasteiger partial charge on any atom is -0.444 e. The van der Waals surface area contributed by atoms with Gasteiger partial charge in [-0.3, -0.25) is 4.90 Å². The van der Waals surface area contributed by atoms with Crippen molar-refractivity contribution in [2.45, 2.75) is 45.6 Å². The van der Waals surface area contributed by atoms with Gasteiger partial charge < -0.3 is 9.47 Å². The van der Waals surface area contributed by atoms with Crippen molar-refractivity contribution in [3.8, 4) is 11.3 Å². The molecule has 0 radical (unpaired) electrons. The fourth-order valence-electron chi connectivity index (χ4n) is 3.74. The van der Waals surface area contributed by atoms with E-state index in [1.54, 1.807) is 15.8 Å². The van der Waals surface area contributed by atoms with Crippen molar-refractivity contribution in [1.29, 1.82) is 0 Å². The molecule has 1 amide bonds. The third-order valence-corrected chi connectivity index (χ3v) is 5.20. The van der Waals surface area contributed by atoms with Crippen LogP contribution < -0.4 is 0 Å². The number of benzene rings is 2. The van der Waals surface area contributed by atoms with Crippen LogP contribution in [0.25, 0.3) is 11.3 Å². The summed E-state index contributed by atoms with van der Waals surface area (Å²) < 4.78 is 13.7. The van der Waals surface area contributed by atoms with E-state index in [0.29, 0.717) is 13.2 Å². The highest BCUT2D eigenvalue weighted by Crippen LogP contribution is 2.35. The van der Waals surface area contributed by atoms with Crippen molar-refractivity contribution in [2.24, 2.45) is 7.05 Å². The van der Waals surface area contributed by atoms with Crippen LogP contribution in [0.2, 0.25) is 0 Å². The van der Waals surface area contributed by atoms with Gasteiger partial charge in [-0.2, -0.15) is 0 Å². The number of hydrogen-bond acceptors (Lipinski definition) is 5. The smallest absolute Gasteiger partial charge is 0.412 e. The minimum atomic E-state index is -0.572. The number of ether oxygens (including phenoxy) is 2. The first-order valence-corrected chi connectivity index (χ1v) is 10.4. The molecule has 0 bridgehead atoms. The Morgan fingerprint density at radius 3 is 2.61 bits per heavy atom. The Labute approximate surface area is 182 Å². The summed E-state index contributed by atoms with van der Waals surface area (Å²) in [5, 5.41) is 8.00. The summed E-state index contributed by atoms with van der Waals surface area (Å²) in [4.78, 5) is 14.6. The summed E-state index contributed by atoms with van der Waals surface area (Å²) in [5.41, 5.74) is 4.59. The molecule has 31 heavy (non-hydrogen) atoms. The minimum absolute atomic E-state index is 0.365. The van der Waals surface area contributed by atoms with Crippen LogP contribution in [0, 0.1) is 0 Å². The monoisotopic (exact) mass is 420 g/mol. The second-order valence-corrected chi connectivity index (χ2v) is 8.73.